The molecule has 1 saturated heterocycles. The molecule has 2 amide bonds. The second kappa shape index (κ2) is 16.4. The van der Waals surface area contributed by atoms with Gasteiger partial charge in [-0.15, -0.1) is 0 Å². The number of amides is 2. The van der Waals surface area contributed by atoms with Gasteiger partial charge in [0.05, 0.1) is 29.4 Å². The van der Waals surface area contributed by atoms with Gasteiger partial charge in [0.2, 0.25) is 11.5 Å². The van der Waals surface area contributed by atoms with Crippen molar-refractivity contribution in [2.75, 3.05) is 36.6 Å². The van der Waals surface area contributed by atoms with Gasteiger partial charge < -0.3 is 30.6 Å². The molecule has 0 aliphatic carbocycles. The summed E-state index contributed by atoms with van der Waals surface area (Å²) in [7, 11) is 0. The Kier molecular flexibility index (Phi) is 11.4. The van der Waals surface area contributed by atoms with E-state index >= 15 is 0 Å². The number of benzene rings is 4. The first-order valence-corrected chi connectivity index (χ1v) is 17.0. The lowest BCUT2D eigenvalue weighted by molar-refractivity contribution is -0.116. The molecule has 4 aromatic carbocycles. The summed E-state index contributed by atoms with van der Waals surface area (Å²) in [5, 5.41) is 30.6. The second-order valence-corrected chi connectivity index (χ2v) is 12.4. The van der Waals surface area contributed by atoms with Crippen LogP contribution >= 0.6 is 0 Å². The number of carbonyl (C=O) groups excluding carboxylic acids is 2. The minimum Gasteiger partial charge on any atom is -0.506 e. The van der Waals surface area contributed by atoms with E-state index in [1.807, 2.05) is 59.6 Å². The van der Waals surface area contributed by atoms with E-state index in [9.17, 15) is 29.0 Å². The quantitative estimate of drug-likeness (QED) is 0.103. The highest BCUT2D eigenvalue weighted by atomic mass is 19.1. The predicted molar refractivity (Wildman–Crippen MR) is 194 cm³/mol. The smallest absolute Gasteiger partial charge is 0.429 e. The number of aliphatic hydroxyl groups is 1. The Morgan fingerprint density at radius 3 is 2.49 bits per heavy atom. The molecule has 0 radical (unpaired) electrons. The van der Waals surface area contributed by atoms with Crippen LogP contribution in [-0.2, 0) is 16.1 Å². The number of nitrogens with one attached hydrogen (secondary N) is 3. The lowest BCUT2D eigenvalue weighted by Gasteiger charge is -2.37. The maximum atomic E-state index is 15.0. The van der Waals surface area contributed by atoms with Gasteiger partial charge in [-0.3, -0.25) is 9.59 Å². The number of aliphatic hydroxyl groups excluding tert-OH is 1. The van der Waals surface area contributed by atoms with E-state index in [1.165, 1.54) is 30.3 Å². The maximum Gasteiger partial charge on any atom is 0.429 e. The second-order valence-electron chi connectivity index (χ2n) is 12.4. The average Bonchev–Trinajstić information content (AvgIpc) is 3.14. The van der Waals surface area contributed by atoms with Crippen LogP contribution in [0.15, 0.2) is 102 Å². The summed E-state index contributed by atoms with van der Waals surface area (Å²) in [6.45, 7) is 1.54. The summed E-state index contributed by atoms with van der Waals surface area (Å²) in [6, 6.07) is 27.7. The van der Waals surface area contributed by atoms with E-state index in [4.69, 9.17) is 4.74 Å². The third-order valence-corrected chi connectivity index (χ3v) is 8.80. The van der Waals surface area contributed by atoms with Crippen molar-refractivity contribution < 1.29 is 28.9 Å². The van der Waals surface area contributed by atoms with E-state index < -0.39 is 23.9 Å². The molecule has 11 nitrogen and oxygen atoms in total. The number of carbonyl (C=O) groups is 2. The number of rotatable bonds is 12. The van der Waals surface area contributed by atoms with Gasteiger partial charge in [0.25, 0.3) is 0 Å². The van der Waals surface area contributed by atoms with E-state index in [0.29, 0.717) is 35.3 Å². The number of anilines is 2. The number of para-hydroxylation sites is 1. The van der Waals surface area contributed by atoms with E-state index in [1.54, 1.807) is 17.1 Å². The van der Waals surface area contributed by atoms with Crippen molar-refractivity contribution in [3.8, 4) is 16.9 Å². The number of ether oxygens (including phenoxy) is 1. The third-order valence-electron chi connectivity index (χ3n) is 8.80. The number of phenolic OH excluding ortho intramolecular Hbond substituents is 1. The summed E-state index contributed by atoms with van der Waals surface area (Å²) < 4.78 is 20.6. The number of aromatic hydroxyl groups is 1. The zero-order valence-corrected chi connectivity index (χ0v) is 28.0. The van der Waals surface area contributed by atoms with Gasteiger partial charge in [-0.25, -0.2) is 19.2 Å². The van der Waals surface area contributed by atoms with Gasteiger partial charge in [0.1, 0.15) is 18.2 Å². The number of fused-ring (bicyclic) bond motifs is 1. The zero-order chi connectivity index (χ0) is 35.7. The molecule has 0 bridgehead atoms. The normalized spacial score (nSPS) is 13.8. The highest BCUT2D eigenvalue weighted by molar-refractivity contribution is 5.94. The Balaban J connectivity index is 1.02. The molecule has 1 fully saturated rings. The van der Waals surface area contributed by atoms with Crippen LogP contribution in [-0.4, -0.2) is 58.4 Å². The topological polar surface area (TPSA) is 147 Å². The van der Waals surface area contributed by atoms with Crippen molar-refractivity contribution in [1.29, 1.82) is 0 Å². The molecule has 0 saturated carbocycles. The molecule has 5 N–H and O–H groups in total. The molecular weight excluding hydrogens is 653 g/mol. The van der Waals surface area contributed by atoms with Crippen LogP contribution in [0.25, 0.3) is 22.0 Å². The van der Waals surface area contributed by atoms with E-state index in [2.05, 4.69) is 15.6 Å². The number of piperidine rings is 1. The molecule has 12 heteroatoms. The number of halogens is 1. The number of nitrogens with zero attached hydrogens (tertiary/aromatic N) is 2. The fraction of sp³-hybridized carbons (Fsp3) is 0.256. The third kappa shape index (κ3) is 8.61. The highest BCUT2D eigenvalue weighted by Gasteiger charge is 2.28. The molecule has 0 spiro atoms. The number of pyridine rings is 1. The molecular formula is C39H40FN5O6. The van der Waals surface area contributed by atoms with Crippen LogP contribution in [0.2, 0.25) is 0 Å². The average molecular weight is 694 g/mol. The number of hydrogen-bond acceptors (Lipinski definition) is 8. The SMILES string of the molecule is O=C(CCOC(=O)N(c1ccccc1-c1ccccc1)N1CCCCC1)Nc1ccc(CNC[C@@H](O)c2ccc(O)c3[nH]c(=O)ccc23)cc1F. The largest absolute Gasteiger partial charge is 0.506 e. The Labute approximate surface area is 294 Å². The monoisotopic (exact) mass is 693 g/mol. The maximum absolute atomic E-state index is 15.0. The van der Waals surface area contributed by atoms with Gasteiger partial charge in [0, 0.05) is 43.2 Å². The zero-order valence-electron chi connectivity index (χ0n) is 28.0. The Hall–Kier alpha value is -5.56. The summed E-state index contributed by atoms with van der Waals surface area (Å²) in [5.41, 5.74) is 3.49. The van der Waals surface area contributed by atoms with Crippen molar-refractivity contribution >= 4 is 34.3 Å². The van der Waals surface area contributed by atoms with Crippen molar-refractivity contribution in [3.05, 3.63) is 124 Å². The van der Waals surface area contributed by atoms with Crippen molar-refractivity contribution in [1.82, 2.24) is 15.3 Å². The Morgan fingerprint density at radius 2 is 1.71 bits per heavy atom. The van der Waals surface area contributed by atoms with Crippen LogP contribution in [0.4, 0.5) is 20.6 Å². The van der Waals surface area contributed by atoms with Crippen molar-refractivity contribution in [3.63, 3.8) is 0 Å². The van der Waals surface area contributed by atoms with E-state index in [0.717, 1.165) is 30.4 Å². The Bertz CT molecular complexity index is 2050. The lowest BCUT2D eigenvalue weighted by Crippen LogP contribution is -2.49. The lowest BCUT2D eigenvalue weighted by atomic mass is 10.0. The molecule has 2 heterocycles. The molecule has 1 aliphatic heterocycles. The van der Waals surface area contributed by atoms with Gasteiger partial charge >= 0.3 is 6.09 Å². The summed E-state index contributed by atoms with van der Waals surface area (Å²) in [4.78, 5) is 40.6. The van der Waals surface area contributed by atoms with Gasteiger partial charge in [-0.2, -0.15) is 0 Å². The standard InChI is InChI=1S/C39H40FN5O6/c40-31-23-26(24-41-25-35(47)29-14-17-34(46)38-30(29)15-18-36(48)43-38)13-16-32(31)42-37(49)19-22-51-39(50)45(44-20-7-2-8-21-44)33-12-6-5-11-28(33)27-9-3-1-4-10-27/h1,3-6,9-18,23,35,41,46-47H,2,7-8,19-22,24-25H2,(H,42,49)(H,43,48)/t35-/m1/s1. The summed E-state index contributed by atoms with van der Waals surface area (Å²) in [5.74, 6) is -1.25. The predicted octanol–water partition coefficient (Wildman–Crippen LogP) is 6.24. The molecule has 264 valence electrons. The molecule has 6 rings (SSSR count). The summed E-state index contributed by atoms with van der Waals surface area (Å²) in [6.07, 6.45) is 1.25. The minimum absolute atomic E-state index is 0.00796. The van der Waals surface area contributed by atoms with Crippen LogP contribution in [0.5, 0.6) is 5.75 Å². The summed E-state index contributed by atoms with van der Waals surface area (Å²) >= 11 is 0. The molecule has 0 unspecified atom stereocenters. The van der Waals surface area contributed by atoms with Gasteiger partial charge in [-0.1, -0.05) is 67.1 Å². The van der Waals surface area contributed by atoms with Gasteiger partial charge in [0.15, 0.2) is 0 Å². The number of aromatic amines is 1. The molecule has 1 aliphatic rings. The van der Waals surface area contributed by atoms with Crippen LogP contribution < -0.4 is 21.2 Å². The fourth-order valence-electron chi connectivity index (χ4n) is 6.25. The van der Waals surface area contributed by atoms with Crippen molar-refractivity contribution in [2.24, 2.45) is 0 Å². The van der Waals surface area contributed by atoms with Crippen LogP contribution in [0, 0.1) is 5.82 Å². The van der Waals surface area contributed by atoms with E-state index in [-0.39, 0.29) is 48.6 Å². The molecule has 1 aromatic heterocycles. The number of phenols is 1. The first-order valence-electron chi connectivity index (χ1n) is 17.0. The fourth-order valence-corrected chi connectivity index (χ4v) is 6.25. The molecule has 5 aromatic rings. The molecule has 51 heavy (non-hydrogen) atoms. The Morgan fingerprint density at radius 1 is 0.941 bits per heavy atom. The van der Waals surface area contributed by atoms with Crippen LogP contribution in [0.3, 0.4) is 0 Å². The number of hydrazine groups is 1. The minimum atomic E-state index is -0.970. The number of aromatic nitrogens is 1. The molecule has 1 atom stereocenters. The van der Waals surface area contributed by atoms with Crippen molar-refractivity contribution in [2.45, 2.75) is 38.3 Å². The highest BCUT2D eigenvalue weighted by Crippen LogP contribution is 2.33. The number of hydrogen-bond donors (Lipinski definition) is 5. The first-order chi connectivity index (χ1) is 24.8. The van der Waals surface area contributed by atoms with Gasteiger partial charge in [-0.05, 0) is 59.9 Å². The van der Waals surface area contributed by atoms with Crippen LogP contribution in [0.1, 0.15) is 42.9 Å². The first kappa shape index (κ1) is 35.3. The number of H-pyrrole nitrogens is 1.